The lowest BCUT2D eigenvalue weighted by atomic mass is 9.96. The molecular formula is C29H27N3O6S2. The Labute approximate surface area is 238 Å². The molecule has 2 aromatic carbocycles. The van der Waals surface area contributed by atoms with Gasteiger partial charge >= 0.3 is 5.97 Å². The van der Waals surface area contributed by atoms with Crippen LogP contribution >= 0.6 is 23.1 Å². The van der Waals surface area contributed by atoms with Gasteiger partial charge in [-0.1, -0.05) is 23.5 Å². The number of thioether (sulfide) groups is 1. The van der Waals surface area contributed by atoms with Gasteiger partial charge in [0.05, 0.1) is 46.8 Å². The van der Waals surface area contributed by atoms with Gasteiger partial charge in [-0.2, -0.15) is 0 Å². The summed E-state index contributed by atoms with van der Waals surface area (Å²) in [5.41, 5.74) is 4.56. The second-order valence-corrected chi connectivity index (χ2v) is 10.7. The number of methoxy groups -OCH3 is 1. The molecule has 0 saturated carbocycles. The van der Waals surface area contributed by atoms with E-state index in [2.05, 4.69) is 10.5 Å². The molecular weight excluding hydrogens is 550 g/mol. The lowest BCUT2D eigenvalue weighted by molar-refractivity contribution is -0.139. The first-order chi connectivity index (χ1) is 19.4. The van der Waals surface area contributed by atoms with Crippen molar-refractivity contribution in [2.45, 2.75) is 24.8 Å². The van der Waals surface area contributed by atoms with Crippen LogP contribution in [0.3, 0.4) is 0 Å². The lowest BCUT2D eigenvalue weighted by Crippen LogP contribution is -2.39. The van der Waals surface area contributed by atoms with Crippen LogP contribution in [0.2, 0.25) is 0 Å². The molecule has 3 heterocycles. The molecule has 1 unspecified atom stereocenters. The van der Waals surface area contributed by atoms with Crippen LogP contribution in [0.15, 0.2) is 85.0 Å². The van der Waals surface area contributed by atoms with Crippen LogP contribution in [-0.2, 0) is 9.53 Å². The summed E-state index contributed by atoms with van der Waals surface area (Å²) in [5, 5.41) is 9.31. The third-order valence-corrected chi connectivity index (χ3v) is 8.17. The zero-order valence-electron chi connectivity index (χ0n) is 22.3. The molecule has 9 nitrogen and oxygen atoms in total. The number of aromatic nitrogens is 1. The fourth-order valence-corrected chi connectivity index (χ4v) is 6.00. The predicted molar refractivity (Wildman–Crippen MR) is 155 cm³/mol. The number of carbonyl (C=O) groups excluding carboxylic acids is 1. The van der Waals surface area contributed by atoms with Crippen LogP contribution in [0.25, 0.3) is 17.4 Å². The monoisotopic (exact) mass is 577 g/mol. The Balaban J connectivity index is 1.62. The van der Waals surface area contributed by atoms with E-state index in [1.54, 1.807) is 73.7 Å². The van der Waals surface area contributed by atoms with Crippen molar-refractivity contribution in [3.63, 3.8) is 0 Å². The zero-order chi connectivity index (χ0) is 28.4. The maximum absolute atomic E-state index is 13.8. The van der Waals surface area contributed by atoms with Gasteiger partial charge in [0, 0.05) is 11.0 Å². The first kappa shape index (κ1) is 27.5. The summed E-state index contributed by atoms with van der Waals surface area (Å²) in [6.07, 6.45) is 3.65. The fourth-order valence-electron chi connectivity index (χ4n) is 4.57. The highest BCUT2D eigenvalue weighted by Gasteiger charge is 2.33. The summed E-state index contributed by atoms with van der Waals surface area (Å²) in [4.78, 5) is 33.1. The number of hydrogen-bond acceptors (Lipinski definition) is 10. The predicted octanol–water partition coefficient (Wildman–Crippen LogP) is 4.59. The summed E-state index contributed by atoms with van der Waals surface area (Å²) in [5.74, 6) is 1.02. The molecule has 0 bridgehead atoms. The number of esters is 1. The number of nitrogens with one attached hydrogen (secondary N) is 1. The summed E-state index contributed by atoms with van der Waals surface area (Å²) in [6, 6.07) is 15.7. The van der Waals surface area contributed by atoms with E-state index in [4.69, 9.17) is 13.9 Å². The van der Waals surface area contributed by atoms with E-state index >= 15 is 0 Å². The molecule has 0 saturated heterocycles. The van der Waals surface area contributed by atoms with Crippen molar-refractivity contribution in [2.75, 3.05) is 25.5 Å². The quantitative estimate of drug-likeness (QED) is 0.178. The van der Waals surface area contributed by atoms with Crippen LogP contribution in [-0.4, -0.2) is 35.7 Å². The highest BCUT2D eigenvalue weighted by Crippen LogP contribution is 2.34. The van der Waals surface area contributed by atoms with Crippen LogP contribution in [0.1, 0.15) is 31.2 Å². The molecule has 2 aromatic heterocycles. The molecule has 2 N–H and O–H groups in total. The molecule has 4 aromatic rings. The molecule has 40 heavy (non-hydrogen) atoms. The Hall–Kier alpha value is -4.06. The smallest absolute Gasteiger partial charge is 0.338 e. The van der Waals surface area contributed by atoms with Gasteiger partial charge in [-0.25, -0.2) is 9.79 Å². The number of hydrogen-bond donors (Lipinski definition) is 2. The number of fused-ring (bicyclic) bond motifs is 1. The Kier molecular flexibility index (Phi) is 7.97. The average molecular weight is 578 g/mol. The highest BCUT2D eigenvalue weighted by atomic mass is 32.2. The first-order valence-electron chi connectivity index (χ1n) is 12.4. The van der Waals surface area contributed by atoms with Gasteiger partial charge in [0.25, 0.3) is 5.56 Å². The van der Waals surface area contributed by atoms with Gasteiger partial charge in [-0.3, -0.25) is 20.0 Å². The Morgan fingerprint density at radius 2 is 2.00 bits per heavy atom. The number of allylic oxidation sites excluding steroid dienone is 1. The SMILES string of the molecule is CCOC(=O)C1=C(C)N=c2sc(=Cc3ccc(-c4cc(NO)ccc4OC)o3)c(=O)n2C1c1ccc(SC)cc1. The van der Waals surface area contributed by atoms with E-state index in [1.165, 1.54) is 11.3 Å². The molecule has 206 valence electrons. The molecule has 5 rings (SSSR count). The highest BCUT2D eigenvalue weighted by molar-refractivity contribution is 7.98. The average Bonchev–Trinajstić information content (AvgIpc) is 3.56. The van der Waals surface area contributed by atoms with Crippen LogP contribution in [0, 0.1) is 0 Å². The first-order valence-corrected chi connectivity index (χ1v) is 14.4. The van der Waals surface area contributed by atoms with Gasteiger partial charge in [-0.05, 0) is 68.1 Å². The maximum atomic E-state index is 13.8. The van der Waals surface area contributed by atoms with Gasteiger partial charge in [-0.15, -0.1) is 11.8 Å². The van der Waals surface area contributed by atoms with E-state index in [0.717, 1.165) is 10.5 Å². The summed E-state index contributed by atoms with van der Waals surface area (Å²) >= 11 is 2.83. The van der Waals surface area contributed by atoms with Crippen molar-refractivity contribution in [1.82, 2.24) is 4.57 Å². The largest absolute Gasteiger partial charge is 0.496 e. The zero-order valence-corrected chi connectivity index (χ0v) is 23.9. The van der Waals surface area contributed by atoms with Crippen molar-refractivity contribution in [1.29, 1.82) is 0 Å². The molecule has 1 aliphatic heterocycles. The molecule has 0 amide bonds. The summed E-state index contributed by atoms with van der Waals surface area (Å²) in [7, 11) is 1.55. The molecule has 0 radical (unpaired) electrons. The van der Waals surface area contributed by atoms with Gasteiger partial charge < -0.3 is 13.9 Å². The third kappa shape index (κ3) is 5.10. The Morgan fingerprint density at radius 3 is 2.67 bits per heavy atom. The minimum Gasteiger partial charge on any atom is -0.496 e. The normalized spacial score (nSPS) is 15.0. The summed E-state index contributed by atoms with van der Waals surface area (Å²) < 4.78 is 18.8. The van der Waals surface area contributed by atoms with Crippen molar-refractivity contribution >= 4 is 40.8 Å². The van der Waals surface area contributed by atoms with Gasteiger partial charge in [0.15, 0.2) is 4.80 Å². The number of benzene rings is 2. The van der Waals surface area contributed by atoms with Crippen LogP contribution < -0.4 is 25.1 Å². The molecule has 0 aliphatic carbocycles. The van der Waals surface area contributed by atoms with E-state index in [0.29, 0.717) is 49.1 Å². The Morgan fingerprint density at radius 1 is 1.23 bits per heavy atom. The number of carbonyl (C=O) groups is 1. The van der Waals surface area contributed by atoms with E-state index in [9.17, 15) is 14.8 Å². The van der Waals surface area contributed by atoms with Crippen molar-refractivity contribution < 1.29 is 23.9 Å². The number of nitrogens with zero attached hydrogens (tertiary/aromatic N) is 2. The number of ether oxygens (including phenoxy) is 2. The summed E-state index contributed by atoms with van der Waals surface area (Å²) in [6.45, 7) is 3.71. The van der Waals surface area contributed by atoms with E-state index < -0.39 is 12.0 Å². The number of thiazole rings is 1. The lowest BCUT2D eigenvalue weighted by Gasteiger charge is -2.24. The Bertz CT molecular complexity index is 1780. The van der Waals surface area contributed by atoms with Crippen molar-refractivity contribution in [3.8, 4) is 17.1 Å². The minimum absolute atomic E-state index is 0.209. The van der Waals surface area contributed by atoms with E-state index in [-0.39, 0.29) is 12.2 Å². The topological polar surface area (TPSA) is 115 Å². The van der Waals surface area contributed by atoms with Crippen molar-refractivity contribution in [3.05, 3.63) is 96.9 Å². The second kappa shape index (κ2) is 11.6. The minimum atomic E-state index is -0.682. The van der Waals surface area contributed by atoms with Gasteiger partial charge in [0.1, 0.15) is 17.3 Å². The van der Waals surface area contributed by atoms with Crippen LogP contribution in [0.5, 0.6) is 5.75 Å². The molecule has 0 fully saturated rings. The molecule has 1 atom stereocenters. The second-order valence-electron chi connectivity index (χ2n) is 8.80. The number of furan rings is 1. The maximum Gasteiger partial charge on any atom is 0.338 e. The fraction of sp³-hybridized carbons (Fsp3) is 0.207. The third-order valence-electron chi connectivity index (χ3n) is 6.44. The molecule has 11 heteroatoms. The van der Waals surface area contributed by atoms with E-state index in [1.807, 2.05) is 30.5 Å². The standard InChI is InChI=1S/C29H27N3O6S2/c1-5-37-28(34)25-16(2)30-29-32(26(25)17-6-10-20(39-4)11-7-17)27(33)24(40-29)15-19-9-13-23(38-19)21-14-18(31-35)8-12-22(21)36-3/h6-15,26,31,35H,5H2,1-4H3. The molecule has 0 spiro atoms. The van der Waals surface area contributed by atoms with Gasteiger partial charge in [0.2, 0.25) is 0 Å². The number of anilines is 1. The number of rotatable bonds is 8. The van der Waals surface area contributed by atoms with Crippen molar-refractivity contribution in [2.24, 2.45) is 4.99 Å². The molecule has 1 aliphatic rings. The van der Waals surface area contributed by atoms with Crippen LogP contribution in [0.4, 0.5) is 5.69 Å².